The van der Waals surface area contributed by atoms with E-state index in [-0.39, 0.29) is 11.3 Å². The summed E-state index contributed by atoms with van der Waals surface area (Å²) in [5, 5.41) is 0. The van der Waals surface area contributed by atoms with E-state index in [4.69, 9.17) is 0 Å². The van der Waals surface area contributed by atoms with Gasteiger partial charge in [0, 0.05) is 32.4 Å². The molecule has 0 unspecified atom stereocenters. The predicted molar refractivity (Wildman–Crippen MR) is 102 cm³/mol. The maximum absolute atomic E-state index is 13.2. The average Bonchev–Trinajstić information content (AvgIpc) is 3.29. The molecular weight excluding hydrogens is 308 g/mol. The fourth-order valence-electron chi connectivity index (χ4n) is 4.11. The molecule has 1 aliphatic heterocycles. The zero-order chi connectivity index (χ0) is 17.3. The van der Waals surface area contributed by atoms with E-state index in [1.54, 1.807) is 0 Å². The maximum Gasteiger partial charge on any atom is 0.233 e. The Balaban J connectivity index is 1.53. The van der Waals surface area contributed by atoms with Crippen molar-refractivity contribution in [3.63, 3.8) is 0 Å². The van der Waals surface area contributed by atoms with Gasteiger partial charge in [0.2, 0.25) is 5.91 Å². The third-order valence-corrected chi connectivity index (χ3v) is 5.68. The van der Waals surface area contributed by atoms with Gasteiger partial charge in [-0.1, -0.05) is 48.5 Å². The molecule has 4 rings (SSSR count). The molecule has 130 valence electrons. The van der Waals surface area contributed by atoms with Crippen LogP contribution in [-0.2, 0) is 16.8 Å². The van der Waals surface area contributed by atoms with Gasteiger partial charge in [-0.15, -0.1) is 0 Å². The van der Waals surface area contributed by atoms with Gasteiger partial charge in [0.1, 0.15) is 0 Å². The number of anilines is 1. The highest BCUT2D eigenvalue weighted by atomic mass is 16.2. The van der Waals surface area contributed by atoms with E-state index in [1.165, 1.54) is 29.7 Å². The van der Waals surface area contributed by atoms with Crippen molar-refractivity contribution in [1.29, 1.82) is 0 Å². The fourth-order valence-corrected chi connectivity index (χ4v) is 4.11. The minimum atomic E-state index is -0.279. The summed E-state index contributed by atoms with van der Waals surface area (Å²) in [5.41, 5.74) is 3.44. The summed E-state index contributed by atoms with van der Waals surface area (Å²) in [7, 11) is 1.95. The summed E-state index contributed by atoms with van der Waals surface area (Å²) < 4.78 is 0. The number of carbonyl (C=O) groups excluding carboxylic acids is 1. The van der Waals surface area contributed by atoms with Crippen LogP contribution in [0, 0.1) is 0 Å². The molecule has 1 aliphatic carbocycles. The molecule has 2 fully saturated rings. The fraction of sp³-hybridized carbons (Fsp3) is 0.409. The number of benzene rings is 2. The lowest BCUT2D eigenvalue weighted by molar-refractivity contribution is -0.133. The van der Waals surface area contributed by atoms with Gasteiger partial charge in [-0.2, -0.15) is 0 Å². The standard InChI is InChI=1S/C22H26N2O/c1-23(21(25)22(13-14-22)19-10-3-2-4-11-19)17-18-9-5-6-12-20(18)24-15-7-8-16-24/h2-6,9-12H,7-8,13-17H2,1H3. The highest BCUT2D eigenvalue weighted by Crippen LogP contribution is 2.49. The van der Waals surface area contributed by atoms with Gasteiger partial charge < -0.3 is 9.80 Å². The van der Waals surface area contributed by atoms with Crippen molar-refractivity contribution in [1.82, 2.24) is 4.90 Å². The SMILES string of the molecule is CN(Cc1ccccc1N1CCCC1)C(=O)C1(c2ccccc2)CC1. The lowest BCUT2D eigenvalue weighted by Crippen LogP contribution is -2.36. The molecule has 0 atom stereocenters. The van der Waals surface area contributed by atoms with Crippen LogP contribution in [0.15, 0.2) is 54.6 Å². The molecule has 0 bridgehead atoms. The Morgan fingerprint density at radius 1 is 1.00 bits per heavy atom. The molecule has 2 aromatic carbocycles. The minimum Gasteiger partial charge on any atom is -0.371 e. The average molecular weight is 334 g/mol. The number of amides is 1. The van der Waals surface area contributed by atoms with Crippen molar-refractivity contribution in [2.75, 3.05) is 25.0 Å². The number of likely N-dealkylation sites (N-methyl/N-ethyl adjacent to an activating group) is 1. The normalized spacial score (nSPS) is 18.2. The minimum absolute atomic E-state index is 0.259. The van der Waals surface area contributed by atoms with Crippen LogP contribution in [0.2, 0.25) is 0 Å². The van der Waals surface area contributed by atoms with Crippen LogP contribution in [0.3, 0.4) is 0 Å². The van der Waals surface area contributed by atoms with Crippen LogP contribution in [0.1, 0.15) is 36.8 Å². The second-order valence-electron chi connectivity index (χ2n) is 7.43. The molecule has 3 heteroatoms. The molecule has 1 heterocycles. The van der Waals surface area contributed by atoms with Gasteiger partial charge in [0.05, 0.1) is 5.41 Å². The lowest BCUT2D eigenvalue weighted by Gasteiger charge is -2.27. The van der Waals surface area contributed by atoms with E-state index in [1.807, 2.05) is 30.1 Å². The smallest absolute Gasteiger partial charge is 0.233 e. The van der Waals surface area contributed by atoms with Crippen molar-refractivity contribution in [2.45, 2.75) is 37.6 Å². The van der Waals surface area contributed by atoms with Crippen LogP contribution in [0.5, 0.6) is 0 Å². The lowest BCUT2D eigenvalue weighted by atomic mass is 9.94. The molecule has 2 aliphatic rings. The van der Waals surface area contributed by atoms with Crippen LogP contribution >= 0.6 is 0 Å². The predicted octanol–water partition coefficient (Wildman–Crippen LogP) is 3.98. The topological polar surface area (TPSA) is 23.6 Å². The van der Waals surface area contributed by atoms with Crippen molar-refractivity contribution < 1.29 is 4.79 Å². The highest BCUT2D eigenvalue weighted by Gasteiger charge is 2.52. The molecule has 0 spiro atoms. The van der Waals surface area contributed by atoms with Crippen molar-refractivity contribution in [3.05, 3.63) is 65.7 Å². The molecule has 1 amide bonds. The van der Waals surface area contributed by atoms with Crippen molar-refractivity contribution in [3.8, 4) is 0 Å². The Morgan fingerprint density at radius 3 is 2.32 bits per heavy atom. The summed E-state index contributed by atoms with van der Waals surface area (Å²) in [6.07, 6.45) is 4.46. The van der Waals surface area contributed by atoms with Crippen molar-refractivity contribution >= 4 is 11.6 Å². The largest absolute Gasteiger partial charge is 0.371 e. The molecule has 1 saturated carbocycles. The van der Waals surface area contributed by atoms with Crippen molar-refractivity contribution in [2.24, 2.45) is 0 Å². The summed E-state index contributed by atoms with van der Waals surface area (Å²) in [6, 6.07) is 18.8. The van der Waals surface area contributed by atoms with Gasteiger partial charge in [0.25, 0.3) is 0 Å². The molecule has 0 radical (unpaired) electrons. The number of nitrogens with zero attached hydrogens (tertiary/aromatic N) is 2. The monoisotopic (exact) mass is 334 g/mol. The van der Waals surface area contributed by atoms with Gasteiger partial charge in [-0.25, -0.2) is 0 Å². The van der Waals surface area contributed by atoms with Gasteiger partial charge in [0.15, 0.2) is 0 Å². The van der Waals surface area contributed by atoms with E-state index < -0.39 is 0 Å². The van der Waals surface area contributed by atoms with Gasteiger partial charge in [-0.05, 0) is 42.9 Å². The third kappa shape index (κ3) is 3.04. The first-order valence-corrected chi connectivity index (χ1v) is 9.35. The van der Waals surface area contributed by atoms with Crippen LogP contribution < -0.4 is 4.90 Å². The molecule has 0 N–H and O–H groups in total. The zero-order valence-corrected chi connectivity index (χ0v) is 14.9. The first-order valence-electron chi connectivity index (χ1n) is 9.35. The first-order chi connectivity index (χ1) is 12.2. The second kappa shape index (κ2) is 6.55. The molecule has 2 aromatic rings. The number of hydrogen-bond donors (Lipinski definition) is 0. The molecule has 25 heavy (non-hydrogen) atoms. The van der Waals surface area contributed by atoms with Gasteiger partial charge >= 0.3 is 0 Å². The third-order valence-electron chi connectivity index (χ3n) is 5.68. The van der Waals surface area contributed by atoms with E-state index >= 15 is 0 Å². The van der Waals surface area contributed by atoms with Crippen LogP contribution in [-0.4, -0.2) is 30.9 Å². The van der Waals surface area contributed by atoms with E-state index in [0.717, 1.165) is 25.9 Å². The highest BCUT2D eigenvalue weighted by molar-refractivity contribution is 5.91. The van der Waals surface area contributed by atoms with E-state index in [9.17, 15) is 4.79 Å². The van der Waals surface area contributed by atoms with Gasteiger partial charge in [-0.3, -0.25) is 4.79 Å². The molecule has 0 aromatic heterocycles. The number of hydrogen-bond acceptors (Lipinski definition) is 2. The number of carbonyl (C=O) groups is 1. The molecular formula is C22H26N2O. The summed E-state index contributed by atoms with van der Waals surface area (Å²) in [6.45, 7) is 2.94. The molecule has 1 saturated heterocycles. The van der Waals surface area contributed by atoms with E-state index in [0.29, 0.717) is 6.54 Å². The van der Waals surface area contributed by atoms with Crippen LogP contribution in [0.25, 0.3) is 0 Å². The summed E-state index contributed by atoms with van der Waals surface area (Å²) >= 11 is 0. The maximum atomic E-state index is 13.2. The van der Waals surface area contributed by atoms with E-state index in [2.05, 4.69) is 41.3 Å². The Labute approximate surface area is 150 Å². The summed E-state index contributed by atoms with van der Waals surface area (Å²) in [4.78, 5) is 17.6. The first kappa shape index (κ1) is 16.2. The molecule has 3 nitrogen and oxygen atoms in total. The Morgan fingerprint density at radius 2 is 1.64 bits per heavy atom. The Bertz CT molecular complexity index is 746. The Hall–Kier alpha value is -2.29. The summed E-state index contributed by atoms with van der Waals surface area (Å²) in [5.74, 6) is 0.259. The Kier molecular flexibility index (Phi) is 4.24. The number of para-hydroxylation sites is 1. The van der Waals surface area contributed by atoms with Crippen LogP contribution in [0.4, 0.5) is 5.69 Å². The second-order valence-corrected chi connectivity index (χ2v) is 7.43. The zero-order valence-electron chi connectivity index (χ0n) is 14.9. The number of rotatable bonds is 5. The quantitative estimate of drug-likeness (QED) is 0.826.